The molecule has 0 bridgehead atoms. The van der Waals surface area contributed by atoms with Crippen molar-refractivity contribution < 1.29 is 9.47 Å². The first-order valence-electron chi connectivity index (χ1n) is 8.88. The smallest absolute Gasteiger partial charge is 0.167 e. The molecule has 26 heavy (non-hydrogen) atoms. The Bertz CT molecular complexity index is 942. The van der Waals surface area contributed by atoms with Gasteiger partial charge in [0.1, 0.15) is 11.4 Å². The van der Waals surface area contributed by atoms with Crippen LogP contribution in [0.3, 0.4) is 0 Å². The quantitative estimate of drug-likeness (QED) is 0.741. The highest BCUT2D eigenvalue weighted by atomic mass is 16.5. The molecule has 0 aliphatic carbocycles. The number of rotatable bonds is 2. The molecule has 5 rings (SSSR count). The average molecular weight is 355 g/mol. The Morgan fingerprint density at radius 3 is 2.69 bits per heavy atom. The Balaban J connectivity index is 1.76. The molecule has 0 unspecified atom stereocenters. The summed E-state index contributed by atoms with van der Waals surface area (Å²) in [4.78, 5) is 16.8. The third kappa shape index (κ3) is 2.38. The number of nitrogens with zero attached hydrogens (tertiary/aromatic N) is 6. The minimum atomic E-state index is -0.447. The molecule has 9 nitrogen and oxygen atoms in total. The summed E-state index contributed by atoms with van der Waals surface area (Å²) in [5.74, 6) is 2.40. The summed E-state index contributed by atoms with van der Waals surface area (Å²) in [7, 11) is 0. The van der Waals surface area contributed by atoms with Crippen LogP contribution in [0.2, 0.25) is 0 Å². The molecule has 1 saturated heterocycles. The van der Waals surface area contributed by atoms with Gasteiger partial charge in [-0.05, 0) is 13.8 Å². The standard InChI is InChI=1S/C17H21N7O2/c1-17(2)16-20-12-14(23-3-6-25-7-4-23)21-13(11-9-18-19-10-11)22-15(12)24(16)5-8-26-17/h9-10H,3-8H2,1-2H3,(H,18,19). The first-order chi connectivity index (χ1) is 12.6. The summed E-state index contributed by atoms with van der Waals surface area (Å²) < 4.78 is 13.6. The highest BCUT2D eigenvalue weighted by molar-refractivity contribution is 5.86. The van der Waals surface area contributed by atoms with Gasteiger partial charge in [0.05, 0.1) is 31.6 Å². The SMILES string of the molecule is CC1(C)OCCn2c1nc1c(N3CCOCC3)nc(-c3cn[nH]c3)nc12. The highest BCUT2D eigenvalue weighted by Crippen LogP contribution is 2.34. The Morgan fingerprint density at radius 1 is 1.08 bits per heavy atom. The Labute approximate surface area is 150 Å². The zero-order valence-electron chi connectivity index (χ0n) is 14.9. The molecular weight excluding hydrogens is 334 g/mol. The van der Waals surface area contributed by atoms with Crippen LogP contribution in [0.15, 0.2) is 12.4 Å². The van der Waals surface area contributed by atoms with Crippen molar-refractivity contribution in [1.82, 2.24) is 29.7 Å². The number of imidazole rings is 1. The van der Waals surface area contributed by atoms with Crippen molar-refractivity contribution in [2.75, 3.05) is 37.8 Å². The van der Waals surface area contributed by atoms with Crippen molar-refractivity contribution in [3.05, 3.63) is 18.2 Å². The van der Waals surface area contributed by atoms with E-state index in [9.17, 15) is 0 Å². The average Bonchev–Trinajstić information content (AvgIpc) is 3.30. The van der Waals surface area contributed by atoms with Crippen LogP contribution in [-0.2, 0) is 21.6 Å². The molecular formula is C17H21N7O2. The van der Waals surface area contributed by atoms with E-state index in [4.69, 9.17) is 24.4 Å². The molecule has 2 aliphatic heterocycles. The molecule has 9 heteroatoms. The highest BCUT2D eigenvalue weighted by Gasteiger charge is 2.34. The van der Waals surface area contributed by atoms with Crippen LogP contribution in [0.4, 0.5) is 5.82 Å². The van der Waals surface area contributed by atoms with E-state index >= 15 is 0 Å². The van der Waals surface area contributed by atoms with Crippen LogP contribution >= 0.6 is 0 Å². The Morgan fingerprint density at radius 2 is 1.92 bits per heavy atom. The summed E-state index contributed by atoms with van der Waals surface area (Å²) in [5, 5.41) is 6.88. The molecule has 5 heterocycles. The number of ether oxygens (including phenoxy) is 2. The first kappa shape index (κ1) is 15.7. The molecule has 1 fully saturated rings. The van der Waals surface area contributed by atoms with Gasteiger partial charge in [-0.25, -0.2) is 15.0 Å². The molecule has 136 valence electrons. The number of hydrogen-bond donors (Lipinski definition) is 1. The second kappa shape index (κ2) is 5.75. The van der Waals surface area contributed by atoms with Crippen LogP contribution in [-0.4, -0.2) is 62.6 Å². The van der Waals surface area contributed by atoms with E-state index in [1.165, 1.54) is 0 Å². The van der Waals surface area contributed by atoms with Crippen LogP contribution in [0.25, 0.3) is 22.6 Å². The van der Waals surface area contributed by atoms with Gasteiger partial charge in [0.15, 0.2) is 22.8 Å². The molecule has 0 radical (unpaired) electrons. The predicted octanol–water partition coefficient (Wildman–Crippen LogP) is 1.32. The lowest BCUT2D eigenvalue weighted by Gasteiger charge is -2.30. The van der Waals surface area contributed by atoms with Crippen LogP contribution in [0, 0.1) is 0 Å². The third-order valence-electron chi connectivity index (χ3n) is 4.96. The van der Waals surface area contributed by atoms with Gasteiger partial charge < -0.3 is 18.9 Å². The van der Waals surface area contributed by atoms with Crippen molar-refractivity contribution in [2.45, 2.75) is 26.0 Å². The molecule has 3 aromatic heterocycles. The number of aromatic nitrogens is 6. The fraction of sp³-hybridized carbons (Fsp3) is 0.529. The van der Waals surface area contributed by atoms with Gasteiger partial charge in [-0.2, -0.15) is 5.10 Å². The van der Waals surface area contributed by atoms with Gasteiger partial charge in [0, 0.05) is 25.8 Å². The predicted molar refractivity (Wildman–Crippen MR) is 94.9 cm³/mol. The van der Waals surface area contributed by atoms with Crippen LogP contribution in [0.1, 0.15) is 19.7 Å². The normalized spacial score (nSPS) is 19.7. The summed E-state index contributed by atoms with van der Waals surface area (Å²) in [6.45, 7) is 8.43. The summed E-state index contributed by atoms with van der Waals surface area (Å²) in [6.07, 6.45) is 3.55. The summed E-state index contributed by atoms with van der Waals surface area (Å²) in [6, 6.07) is 0. The molecule has 0 spiro atoms. The van der Waals surface area contributed by atoms with Crippen molar-refractivity contribution in [1.29, 1.82) is 0 Å². The number of H-pyrrole nitrogens is 1. The maximum Gasteiger partial charge on any atom is 0.167 e. The lowest BCUT2D eigenvalue weighted by Crippen LogP contribution is -2.37. The van der Waals surface area contributed by atoms with Crippen molar-refractivity contribution in [2.24, 2.45) is 0 Å². The maximum atomic E-state index is 5.93. The minimum absolute atomic E-state index is 0.447. The summed E-state index contributed by atoms with van der Waals surface area (Å²) in [5.41, 5.74) is 2.09. The second-order valence-electron chi connectivity index (χ2n) is 7.08. The third-order valence-corrected chi connectivity index (χ3v) is 4.96. The zero-order chi connectivity index (χ0) is 17.7. The van der Waals surface area contributed by atoms with Gasteiger partial charge in [-0.3, -0.25) is 5.10 Å². The molecule has 0 aromatic carbocycles. The number of morpholine rings is 1. The van der Waals surface area contributed by atoms with Gasteiger partial charge in [-0.1, -0.05) is 0 Å². The van der Waals surface area contributed by atoms with E-state index < -0.39 is 5.60 Å². The number of aromatic amines is 1. The van der Waals surface area contributed by atoms with Crippen LogP contribution in [0.5, 0.6) is 0 Å². The van der Waals surface area contributed by atoms with E-state index in [2.05, 4.69) is 19.7 Å². The molecule has 0 saturated carbocycles. The van der Waals surface area contributed by atoms with Gasteiger partial charge in [0.25, 0.3) is 0 Å². The topological polar surface area (TPSA) is 94.0 Å². The molecule has 1 N–H and O–H groups in total. The van der Waals surface area contributed by atoms with Crippen molar-refractivity contribution in [3.63, 3.8) is 0 Å². The largest absolute Gasteiger partial charge is 0.378 e. The van der Waals surface area contributed by atoms with E-state index in [0.29, 0.717) is 25.6 Å². The van der Waals surface area contributed by atoms with E-state index in [-0.39, 0.29) is 0 Å². The van der Waals surface area contributed by atoms with Crippen molar-refractivity contribution >= 4 is 17.0 Å². The van der Waals surface area contributed by atoms with E-state index in [1.54, 1.807) is 6.20 Å². The minimum Gasteiger partial charge on any atom is -0.378 e. The van der Waals surface area contributed by atoms with Gasteiger partial charge >= 0.3 is 0 Å². The molecule has 3 aromatic rings. The fourth-order valence-corrected chi connectivity index (χ4v) is 3.61. The number of hydrogen-bond acceptors (Lipinski definition) is 7. The number of anilines is 1. The molecule has 0 atom stereocenters. The second-order valence-corrected chi connectivity index (χ2v) is 7.08. The van der Waals surface area contributed by atoms with Gasteiger partial charge in [-0.15, -0.1) is 0 Å². The monoisotopic (exact) mass is 355 g/mol. The maximum absolute atomic E-state index is 5.93. The molecule has 0 amide bonds. The van der Waals surface area contributed by atoms with E-state index in [1.807, 2.05) is 20.0 Å². The van der Waals surface area contributed by atoms with Crippen molar-refractivity contribution in [3.8, 4) is 11.4 Å². The fourth-order valence-electron chi connectivity index (χ4n) is 3.61. The lowest BCUT2D eigenvalue weighted by molar-refractivity contribution is -0.0530. The van der Waals surface area contributed by atoms with E-state index in [0.717, 1.165) is 48.0 Å². The van der Waals surface area contributed by atoms with Crippen LogP contribution < -0.4 is 4.90 Å². The number of fused-ring (bicyclic) bond motifs is 3. The first-order valence-corrected chi connectivity index (χ1v) is 8.88. The Hall–Kier alpha value is -2.52. The Kier molecular flexibility index (Phi) is 3.47. The zero-order valence-corrected chi connectivity index (χ0v) is 14.9. The molecule has 2 aliphatic rings. The number of nitrogens with one attached hydrogen (secondary N) is 1. The van der Waals surface area contributed by atoms with Gasteiger partial charge in [0.2, 0.25) is 0 Å². The lowest BCUT2D eigenvalue weighted by atomic mass is 10.1. The summed E-state index contributed by atoms with van der Waals surface area (Å²) >= 11 is 0.